The number of terminal acetylenes is 1. The number of carboxylic acids is 1. The summed E-state index contributed by atoms with van der Waals surface area (Å²) in [7, 11) is 0. The monoisotopic (exact) mass is 240 g/mol. The molecule has 2 atom stereocenters. The Bertz CT molecular complexity index is 350. The minimum atomic E-state index is -1.10. The van der Waals surface area contributed by atoms with Gasteiger partial charge in [0, 0.05) is 19.5 Å². The fourth-order valence-corrected chi connectivity index (χ4v) is 1.87. The molecule has 0 aromatic rings. The van der Waals surface area contributed by atoms with Gasteiger partial charge in [0.1, 0.15) is 6.04 Å². The van der Waals surface area contributed by atoms with Gasteiger partial charge in [0.15, 0.2) is 0 Å². The van der Waals surface area contributed by atoms with E-state index in [4.69, 9.17) is 11.5 Å². The molecule has 1 rings (SSSR count). The molecule has 0 aromatic heterocycles. The van der Waals surface area contributed by atoms with Crippen LogP contribution in [0.25, 0.3) is 0 Å². The summed E-state index contributed by atoms with van der Waals surface area (Å²) in [4.78, 5) is 25.5. The van der Waals surface area contributed by atoms with Crippen LogP contribution in [-0.2, 0) is 4.79 Å². The number of carboxylic acid groups (broad SMARTS) is 1. The standard InChI is InChI=1S/C11H16N2O4/c1-3-5-12(4-2)11(17)13-7-8(14)6-9(13)10(15)16/h1,8-9,14H,4-7H2,2H3,(H,15,16)/t8-,9-/m0/s1. The maximum atomic E-state index is 12.0. The smallest absolute Gasteiger partial charge is 0.326 e. The van der Waals surface area contributed by atoms with E-state index in [1.54, 1.807) is 6.92 Å². The van der Waals surface area contributed by atoms with Gasteiger partial charge < -0.3 is 20.0 Å². The van der Waals surface area contributed by atoms with Crippen molar-refractivity contribution in [1.82, 2.24) is 9.80 Å². The Morgan fingerprint density at radius 3 is 2.71 bits per heavy atom. The summed E-state index contributed by atoms with van der Waals surface area (Å²) in [5.74, 6) is 1.24. The molecular weight excluding hydrogens is 224 g/mol. The van der Waals surface area contributed by atoms with Gasteiger partial charge in [-0.25, -0.2) is 9.59 Å². The largest absolute Gasteiger partial charge is 0.480 e. The number of nitrogens with zero attached hydrogens (tertiary/aromatic N) is 2. The number of urea groups is 1. The van der Waals surface area contributed by atoms with E-state index in [0.717, 1.165) is 4.90 Å². The molecule has 1 aliphatic rings. The fraction of sp³-hybridized carbons (Fsp3) is 0.636. The highest BCUT2D eigenvalue weighted by Gasteiger charge is 2.40. The summed E-state index contributed by atoms with van der Waals surface area (Å²) in [6.45, 7) is 2.34. The predicted molar refractivity (Wildman–Crippen MR) is 60.2 cm³/mol. The Balaban J connectivity index is 2.79. The quantitative estimate of drug-likeness (QED) is 0.657. The minimum Gasteiger partial charge on any atom is -0.480 e. The van der Waals surface area contributed by atoms with Gasteiger partial charge >= 0.3 is 12.0 Å². The lowest BCUT2D eigenvalue weighted by molar-refractivity contribution is -0.141. The van der Waals surface area contributed by atoms with E-state index in [1.807, 2.05) is 0 Å². The van der Waals surface area contributed by atoms with Crippen LogP contribution in [0.5, 0.6) is 0 Å². The molecular formula is C11H16N2O4. The summed E-state index contributed by atoms with van der Waals surface area (Å²) in [5.41, 5.74) is 0. The maximum Gasteiger partial charge on any atom is 0.326 e. The van der Waals surface area contributed by atoms with E-state index in [2.05, 4.69) is 5.92 Å². The SMILES string of the molecule is C#CCN(CC)C(=O)N1C[C@@H](O)C[C@H]1C(=O)O. The van der Waals surface area contributed by atoms with Crippen molar-refractivity contribution in [3.05, 3.63) is 0 Å². The summed E-state index contributed by atoms with van der Waals surface area (Å²) in [6.07, 6.45) is 4.41. The number of aliphatic hydroxyl groups excluding tert-OH is 1. The normalized spacial score (nSPS) is 23.2. The molecule has 0 aromatic carbocycles. The number of likely N-dealkylation sites (tertiary alicyclic amines) is 1. The molecule has 1 aliphatic heterocycles. The number of carbonyl (C=O) groups is 2. The van der Waals surface area contributed by atoms with Crippen LogP contribution in [0, 0.1) is 12.3 Å². The molecule has 0 saturated carbocycles. The predicted octanol–water partition coefficient (Wildman–Crippen LogP) is -0.419. The number of aliphatic hydroxyl groups is 1. The van der Waals surface area contributed by atoms with E-state index < -0.39 is 24.1 Å². The molecule has 1 fully saturated rings. The number of aliphatic carboxylic acids is 1. The lowest BCUT2D eigenvalue weighted by Gasteiger charge is -2.28. The average Bonchev–Trinajstić information content (AvgIpc) is 2.67. The highest BCUT2D eigenvalue weighted by molar-refractivity contribution is 5.83. The van der Waals surface area contributed by atoms with Crippen molar-refractivity contribution in [3.63, 3.8) is 0 Å². The molecule has 1 heterocycles. The van der Waals surface area contributed by atoms with E-state index >= 15 is 0 Å². The molecule has 17 heavy (non-hydrogen) atoms. The van der Waals surface area contributed by atoms with Gasteiger partial charge in [0.2, 0.25) is 0 Å². The third-order valence-electron chi connectivity index (χ3n) is 2.74. The van der Waals surface area contributed by atoms with Crippen LogP contribution in [0.2, 0.25) is 0 Å². The molecule has 1 saturated heterocycles. The maximum absolute atomic E-state index is 12.0. The number of amides is 2. The van der Waals surface area contributed by atoms with Gasteiger partial charge in [-0.2, -0.15) is 0 Å². The van der Waals surface area contributed by atoms with Gasteiger partial charge in [-0.15, -0.1) is 6.42 Å². The van der Waals surface area contributed by atoms with Crippen LogP contribution in [0.4, 0.5) is 4.79 Å². The van der Waals surface area contributed by atoms with Crippen molar-refractivity contribution in [2.45, 2.75) is 25.5 Å². The molecule has 2 N–H and O–H groups in total. The van der Waals surface area contributed by atoms with E-state index in [1.165, 1.54) is 4.90 Å². The second-order valence-electron chi connectivity index (χ2n) is 3.90. The average molecular weight is 240 g/mol. The number of β-amino-alcohol motifs (C(OH)–C–C–N with tert-alkyl or cyclic N) is 1. The van der Waals surface area contributed by atoms with Crippen LogP contribution in [0.3, 0.4) is 0 Å². The van der Waals surface area contributed by atoms with Gasteiger partial charge in [-0.1, -0.05) is 5.92 Å². The first-order valence-corrected chi connectivity index (χ1v) is 5.41. The molecule has 6 nitrogen and oxygen atoms in total. The Hall–Kier alpha value is -1.74. The third-order valence-corrected chi connectivity index (χ3v) is 2.74. The van der Waals surface area contributed by atoms with E-state index in [9.17, 15) is 14.7 Å². The summed E-state index contributed by atoms with van der Waals surface area (Å²) < 4.78 is 0. The van der Waals surface area contributed by atoms with Crippen molar-refractivity contribution < 1.29 is 19.8 Å². The first-order chi connectivity index (χ1) is 8.01. The topological polar surface area (TPSA) is 81.1 Å². The number of hydrogen-bond acceptors (Lipinski definition) is 3. The van der Waals surface area contributed by atoms with Crippen LogP contribution in [0.15, 0.2) is 0 Å². The van der Waals surface area contributed by atoms with E-state index in [-0.39, 0.29) is 19.5 Å². The molecule has 0 spiro atoms. The van der Waals surface area contributed by atoms with Crippen molar-refractivity contribution in [1.29, 1.82) is 0 Å². The lowest BCUT2D eigenvalue weighted by atomic mass is 10.2. The summed E-state index contributed by atoms with van der Waals surface area (Å²) in [5, 5.41) is 18.4. The molecule has 6 heteroatoms. The fourth-order valence-electron chi connectivity index (χ4n) is 1.87. The molecule has 0 radical (unpaired) electrons. The molecule has 0 bridgehead atoms. The first kappa shape index (κ1) is 13.3. The molecule has 0 unspecified atom stereocenters. The third kappa shape index (κ3) is 2.88. The number of rotatable bonds is 3. The Morgan fingerprint density at radius 1 is 1.59 bits per heavy atom. The Morgan fingerprint density at radius 2 is 2.24 bits per heavy atom. The van der Waals surface area contributed by atoms with Crippen molar-refractivity contribution in [3.8, 4) is 12.3 Å². The van der Waals surface area contributed by atoms with Crippen LogP contribution in [-0.4, -0.2) is 63.8 Å². The van der Waals surface area contributed by atoms with Crippen molar-refractivity contribution >= 4 is 12.0 Å². The Kier molecular flexibility index (Phi) is 4.35. The van der Waals surface area contributed by atoms with Crippen molar-refractivity contribution in [2.24, 2.45) is 0 Å². The van der Waals surface area contributed by atoms with Gasteiger partial charge in [-0.3, -0.25) is 0 Å². The Labute approximate surface area is 99.8 Å². The van der Waals surface area contributed by atoms with Crippen LogP contribution in [0.1, 0.15) is 13.3 Å². The zero-order valence-electron chi connectivity index (χ0n) is 9.67. The summed E-state index contributed by atoms with van der Waals surface area (Å²) >= 11 is 0. The van der Waals surface area contributed by atoms with Gasteiger partial charge in [-0.05, 0) is 6.92 Å². The highest BCUT2D eigenvalue weighted by atomic mass is 16.4. The molecule has 0 aliphatic carbocycles. The summed E-state index contributed by atoms with van der Waals surface area (Å²) in [6, 6.07) is -1.40. The second-order valence-corrected chi connectivity index (χ2v) is 3.90. The number of carbonyl (C=O) groups excluding carboxylic acids is 1. The zero-order valence-corrected chi connectivity index (χ0v) is 9.67. The highest BCUT2D eigenvalue weighted by Crippen LogP contribution is 2.19. The lowest BCUT2D eigenvalue weighted by Crippen LogP contribution is -2.48. The van der Waals surface area contributed by atoms with Crippen LogP contribution < -0.4 is 0 Å². The van der Waals surface area contributed by atoms with Gasteiger partial charge in [0.25, 0.3) is 0 Å². The first-order valence-electron chi connectivity index (χ1n) is 5.41. The second kappa shape index (κ2) is 5.55. The molecule has 94 valence electrons. The minimum absolute atomic E-state index is 0.0386. The molecule has 2 amide bonds. The zero-order chi connectivity index (χ0) is 13.0. The number of hydrogen-bond donors (Lipinski definition) is 2. The van der Waals surface area contributed by atoms with E-state index in [0.29, 0.717) is 6.54 Å². The van der Waals surface area contributed by atoms with Crippen molar-refractivity contribution in [2.75, 3.05) is 19.6 Å². The van der Waals surface area contributed by atoms with Crippen LogP contribution >= 0.6 is 0 Å². The van der Waals surface area contributed by atoms with Gasteiger partial charge in [0.05, 0.1) is 12.6 Å².